The molecule has 0 bridgehead atoms. The van der Waals surface area contributed by atoms with E-state index < -0.39 is 17.8 Å². The number of rotatable bonds is 9. The summed E-state index contributed by atoms with van der Waals surface area (Å²) in [5.41, 5.74) is 3.77. The van der Waals surface area contributed by atoms with Gasteiger partial charge in [0.25, 0.3) is 5.91 Å². The summed E-state index contributed by atoms with van der Waals surface area (Å²) in [6.07, 6.45) is 1.68. The normalized spacial score (nSPS) is 12.0. The molecule has 2 amide bonds. The molecule has 0 radical (unpaired) electrons. The highest BCUT2D eigenvalue weighted by molar-refractivity contribution is 5.88. The Kier molecular flexibility index (Phi) is 8.44. The third kappa shape index (κ3) is 6.43. The lowest BCUT2D eigenvalue weighted by molar-refractivity contribution is -0.258. The van der Waals surface area contributed by atoms with Crippen LogP contribution in [0.3, 0.4) is 0 Å². The summed E-state index contributed by atoms with van der Waals surface area (Å²) < 4.78 is 34.8. The molecule has 10 nitrogen and oxygen atoms in total. The van der Waals surface area contributed by atoms with E-state index in [9.17, 15) is 9.18 Å². The average molecular weight is 601 g/mol. The van der Waals surface area contributed by atoms with Crippen molar-refractivity contribution in [3.63, 3.8) is 0 Å². The number of halogens is 1. The smallest absolute Gasteiger partial charge is 0.320 e. The van der Waals surface area contributed by atoms with Crippen molar-refractivity contribution in [2.45, 2.75) is 52.5 Å². The molecule has 2 heterocycles. The molecule has 44 heavy (non-hydrogen) atoms. The second-order valence-electron chi connectivity index (χ2n) is 11.7. The van der Waals surface area contributed by atoms with Gasteiger partial charge in [0, 0.05) is 50.1 Å². The second-order valence-corrected chi connectivity index (χ2v) is 11.7. The molecule has 0 saturated carbocycles. The van der Waals surface area contributed by atoms with Crippen molar-refractivity contribution in [3.8, 4) is 17.2 Å². The molecular formula is C33H37FN6O4. The Labute approximate surface area is 255 Å². The van der Waals surface area contributed by atoms with Gasteiger partial charge in [-0.2, -0.15) is 10.2 Å². The minimum Gasteiger partial charge on any atom is -0.457 e. The van der Waals surface area contributed by atoms with E-state index in [2.05, 4.69) is 36.5 Å². The highest BCUT2D eigenvalue weighted by Crippen LogP contribution is 2.31. The highest BCUT2D eigenvalue weighted by Gasteiger charge is 2.28. The first-order valence-electron chi connectivity index (χ1n) is 14.2. The minimum atomic E-state index is -1.08. The molecule has 5 aromatic rings. The number of aryl methyl sites for hydroxylation is 1. The number of nitrogens with one attached hydrogen (secondary N) is 2. The maximum atomic E-state index is 14.3. The zero-order valence-corrected chi connectivity index (χ0v) is 25.9. The molecule has 11 heteroatoms. The fourth-order valence-electron chi connectivity index (χ4n) is 4.62. The first-order chi connectivity index (χ1) is 20.9. The van der Waals surface area contributed by atoms with Gasteiger partial charge in [0.15, 0.2) is 0 Å². The quantitative estimate of drug-likeness (QED) is 0.177. The summed E-state index contributed by atoms with van der Waals surface area (Å²) >= 11 is 0. The summed E-state index contributed by atoms with van der Waals surface area (Å²) in [5, 5.41) is 15.7. The molecule has 0 aliphatic rings. The number of amides is 2. The van der Waals surface area contributed by atoms with Crippen molar-refractivity contribution in [1.29, 1.82) is 0 Å². The number of anilines is 1. The van der Waals surface area contributed by atoms with E-state index in [-0.39, 0.29) is 12.0 Å². The molecule has 5 rings (SSSR count). The molecule has 0 fully saturated rings. The third-order valence-corrected chi connectivity index (χ3v) is 7.37. The molecule has 0 unspecified atom stereocenters. The predicted octanol–water partition coefficient (Wildman–Crippen LogP) is 7.00. The molecule has 0 spiro atoms. The molecule has 0 atom stereocenters. The first kappa shape index (κ1) is 30.7. The van der Waals surface area contributed by atoms with Crippen molar-refractivity contribution in [2.75, 3.05) is 19.5 Å². The Balaban J connectivity index is 1.33. The fourth-order valence-corrected chi connectivity index (χ4v) is 4.62. The summed E-state index contributed by atoms with van der Waals surface area (Å²) in [7, 11) is 3.08. The number of ether oxygens (including phenoxy) is 3. The maximum Gasteiger partial charge on any atom is 0.320 e. The number of hydrogen-bond acceptors (Lipinski definition) is 6. The standard InChI is InChI=1S/C33H37FN6O4/c1-21-8-11-25(12-9-21)39-30(18-29(38-39)32(2,3)4)37-31(41)35-19-23-16-24(34)10-15-28(23)44-26-13-14-27-22(17-26)20-36-40(27)33(5,42-6)43-7/h8-18,20H,19H2,1-7H3,(H2,35,37,41). The van der Waals surface area contributed by atoms with Gasteiger partial charge in [0.1, 0.15) is 23.1 Å². The van der Waals surface area contributed by atoms with E-state index in [0.29, 0.717) is 22.9 Å². The Morgan fingerprint density at radius 1 is 0.955 bits per heavy atom. The SMILES string of the molecule is COC(C)(OC)n1ncc2cc(Oc3ccc(F)cc3CNC(=O)Nc3cc(C(C)(C)C)nn3-c3ccc(C)cc3)ccc21. The van der Waals surface area contributed by atoms with Gasteiger partial charge < -0.3 is 19.5 Å². The average Bonchev–Trinajstić information content (AvgIpc) is 3.62. The summed E-state index contributed by atoms with van der Waals surface area (Å²) in [5.74, 6) is -0.0950. The maximum absolute atomic E-state index is 14.3. The van der Waals surface area contributed by atoms with Gasteiger partial charge in [-0.15, -0.1) is 0 Å². The molecule has 2 aromatic heterocycles. The van der Waals surface area contributed by atoms with Crippen LogP contribution in [0.25, 0.3) is 16.6 Å². The number of urea groups is 1. The second kappa shape index (κ2) is 12.1. The Hall–Kier alpha value is -4.74. The number of hydrogen-bond donors (Lipinski definition) is 2. The van der Waals surface area contributed by atoms with Crippen LogP contribution in [-0.4, -0.2) is 39.8 Å². The minimum absolute atomic E-state index is 0.0178. The summed E-state index contributed by atoms with van der Waals surface area (Å²) in [6, 6.07) is 18.9. The number of carbonyl (C=O) groups is 1. The van der Waals surface area contributed by atoms with Crippen molar-refractivity contribution < 1.29 is 23.4 Å². The van der Waals surface area contributed by atoms with E-state index in [4.69, 9.17) is 19.3 Å². The van der Waals surface area contributed by atoms with Crippen molar-refractivity contribution >= 4 is 22.8 Å². The molecule has 0 saturated heterocycles. The lowest BCUT2D eigenvalue weighted by Crippen LogP contribution is -2.35. The molecule has 0 aliphatic heterocycles. The van der Waals surface area contributed by atoms with Crippen LogP contribution < -0.4 is 15.4 Å². The summed E-state index contributed by atoms with van der Waals surface area (Å²) in [4.78, 5) is 13.1. The van der Waals surface area contributed by atoms with Gasteiger partial charge in [-0.05, 0) is 55.5 Å². The van der Waals surface area contributed by atoms with Gasteiger partial charge in [-0.25, -0.2) is 18.5 Å². The lowest BCUT2D eigenvalue weighted by Gasteiger charge is -2.27. The number of aromatic nitrogens is 4. The predicted molar refractivity (Wildman–Crippen MR) is 167 cm³/mol. The topological polar surface area (TPSA) is 104 Å². The molecule has 2 N–H and O–H groups in total. The molecular weight excluding hydrogens is 563 g/mol. The number of fused-ring (bicyclic) bond motifs is 1. The highest BCUT2D eigenvalue weighted by atomic mass is 19.1. The third-order valence-electron chi connectivity index (χ3n) is 7.37. The van der Waals surface area contributed by atoms with E-state index in [1.807, 2.05) is 49.4 Å². The number of carbonyl (C=O) groups excluding carboxylic acids is 1. The monoisotopic (exact) mass is 600 g/mol. The van der Waals surface area contributed by atoms with Gasteiger partial charge in [0.05, 0.1) is 23.1 Å². The Morgan fingerprint density at radius 3 is 2.36 bits per heavy atom. The number of nitrogens with zero attached hydrogens (tertiary/aromatic N) is 4. The van der Waals surface area contributed by atoms with Crippen LogP contribution in [0.5, 0.6) is 11.5 Å². The zero-order valence-electron chi connectivity index (χ0n) is 25.9. The van der Waals surface area contributed by atoms with Crippen LogP contribution in [0.1, 0.15) is 44.5 Å². The molecule has 3 aromatic carbocycles. The summed E-state index contributed by atoms with van der Waals surface area (Å²) in [6.45, 7) is 9.97. The van der Waals surface area contributed by atoms with E-state index in [1.54, 1.807) is 42.8 Å². The van der Waals surface area contributed by atoms with Crippen molar-refractivity contribution in [2.24, 2.45) is 0 Å². The van der Waals surface area contributed by atoms with Crippen molar-refractivity contribution in [1.82, 2.24) is 24.9 Å². The fraction of sp³-hybridized carbons (Fsp3) is 0.303. The van der Waals surface area contributed by atoms with Gasteiger partial charge >= 0.3 is 6.03 Å². The van der Waals surface area contributed by atoms with E-state index in [0.717, 1.165) is 27.8 Å². The largest absolute Gasteiger partial charge is 0.457 e. The van der Waals surface area contributed by atoms with Crippen LogP contribution in [0.4, 0.5) is 15.0 Å². The van der Waals surface area contributed by atoms with Crippen LogP contribution in [0.2, 0.25) is 0 Å². The van der Waals surface area contributed by atoms with Crippen LogP contribution in [0, 0.1) is 12.7 Å². The molecule has 230 valence electrons. The van der Waals surface area contributed by atoms with Crippen LogP contribution >= 0.6 is 0 Å². The lowest BCUT2D eigenvalue weighted by atomic mass is 9.92. The van der Waals surface area contributed by atoms with Gasteiger partial charge in [-0.3, -0.25) is 5.32 Å². The van der Waals surface area contributed by atoms with E-state index >= 15 is 0 Å². The number of benzene rings is 3. The number of methoxy groups -OCH3 is 2. The van der Waals surface area contributed by atoms with Gasteiger partial charge in [-0.1, -0.05) is 38.5 Å². The Morgan fingerprint density at radius 2 is 1.68 bits per heavy atom. The molecule has 0 aliphatic carbocycles. The zero-order chi connectivity index (χ0) is 31.6. The van der Waals surface area contributed by atoms with Crippen LogP contribution in [0.15, 0.2) is 72.9 Å². The Bertz CT molecular complexity index is 1780. The van der Waals surface area contributed by atoms with Crippen LogP contribution in [-0.2, 0) is 27.3 Å². The van der Waals surface area contributed by atoms with Crippen molar-refractivity contribution in [3.05, 3.63) is 95.6 Å². The first-order valence-corrected chi connectivity index (χ1v) is 14.2. The van der Waals surface area contributed by atoms with E-state index in [1.165, 1.54) is 18.2 Å². The van der Waals surface area contributed by atoms with Gasteiger partial charge in [0.2, 0.25) is 0 Å².